The first-order valence-corrected chi connectivity index (χ1v) is 14.0. The third kappa shape index (κ3) is 3.16. The summed E-state index contributed by atoms with van der Waals surface area (Å²) >= 11 is 0. The van der Waals surface area contributed by atoms with Crippen LogP contribution in [0.1, 0.15) is 120 Å². The topological polar surface area (TPSA) is 46.5 Å². The summed E-state index contributed by atoms with van der Waals surface area (Å²) in [6.07, 6.45) is 10.7. The Morgan fingerprint density at radius 3 is 2.18 bits per heavy atom. The van der Waals surface area contributed by atoms with E-state index < -0.39 is 5.60 Å². The summed E-state index contributed by atoms with van der Waals surface area (Å²) in [6.45, 7) is 18.9. The van der Waals surface area contributed by atoms with Crippen molar-refractivity contribution in [1.82, 2.24) is 0 Å². The number of ether oxygens (including phenoxy) is 1. The minimum absolute atomic E-state index is 0.149. The lowest BCUT2D eigenvalue weighted by molar-refractivity contribution is -0.252. The van der Waals surface area contributed by atoms with Crippen LogP contribution in [0.25, 0.3) is 0 Å². The number of Topliss-reactive ketones (excluding diaryl/α,β-unsaturated/α-hetero) is 1. The molecule has 0 bridgehead atoms. The van der Waals surface area contributed by atoms with Crippen LogP contribution in [0.3, 0.4) is 0 Å². The van der Waals surface area contributed by atoms with Gasteiger partial charge in [-0.05, 0) is 118 Å². The van der Waals surface area contributed by atoms with Crippen molar-refractivity contribution >= 4 is 5.78 Å². The van der Waals surface area contributed by atoms with Crippen molar-refractivity contribution < 1.29 is 14.6 Å². The van der Waals surface area contributed by atoms with Crippen LogP contribution in [0.15, 0.2) is 0 Å². The average molecular weight is 459 g/mol. The second-order valence-corrected chi connectivity index (χ2v) is 15.2. The highest BCUT2D eigenvalue weighted by molar-refractivity contribution is 5.85. The molecule has 1 saturated heterocycles. The lowest BCUT2D eigenvalue weighted by atomic mass is 9.35. The van der Waals surface area contributed by atoms with E-state index in [1.54, 1.807) is 0 Å². The number of fused-ring (bicyclic) bond motifs is 4. The summed E-state index contributed by atoms with van der Waals surface area (Å²) in [4.78, 5) is 13.0. The predicted octanol–water partition coefficient (Wildman–Crippen LogP) is 6.95. The monoisotopic (exact) mass is 458 g/mol. The SMILES string of the molecule is CC1(C)CCC[C@@](C)(O)[C@H]2CC[C@]3(C)[C@@H]2[C@@H](C[C@@H]2[C@@]4(C)CCC(=O)C(C)(C)[C@@H]4CC[C@]23C)O1. The van der Waals surface area contributed by atoms with Crippen LogP contribution >= 0.6 is 0 Å². The van der Waals surface area contributed by atoms with Crippen molar-refractivity contribution in [3.8, 4) is 0 Å². The standard InChI is InChI=1S/C30H50O3/c1-25(2)13-9-14-30(8,32)19-10-16-29(7)24(19)20(33-25)18-22-27(5)15-12-23(31)26(3,4)21(27)11-17-28(22,29)6/h19-22,24,32H,9-18H2,1-8H3/t19-,20+,21-,22+,24-,27-,28+,29+,30+/m0/s1. The molecule has 0 spiro atoms. The van der Waals surface area contributed by atoms with E-state index in [9.17, 15) is 9.90 Å². The Morgan fingerprint density at radius 1 is 0.818 bits per heavy atom. The zero-order valence-corrected chi connectivity index (χ0v) is 22.7. The number of hydrogen-bond donors (Lipinski definition) is 1. The van der Waals surface area contributed by atoms with E-state index in [1.807, 2.05) is 0 Å². The van der Waals surface area contributed by atoms with Gasteiger partial charge < -0.3 is 9.84 Å². The Kier molecular flexibility index (Phi) is 5.22. The number of carbonyl (C=O) groups is 1. The highest BCUT2D eigenvalue weighted by Crippen LogP contribution is 2.76. The number of carbonyl (C=O) groups excluding carboxylic acids is 1. The Bertz CT molecular complexity index is 826. The maximum atomic E-state index is 13.0. The molecule has 0 aromatic heterocycles. The maximum absolute atomic E-state index is 13.0. The first kappa shape index (κ1) is 24.3. The predicted molar refractivity (Wildman–Crippen MR) is 133 cm³/mol. The second-order valence-electron chi connectivity index (χ2n) is 15.2. The zero-order valence-electron chi connectivity index (χ0n) is 22.7. The van der Waals surface area contributed by atoms with Crippen LogP contribution in [0.2, 0.25) is 0 Å². The molecule has 1 aliphatic heterocycles. The van der Waals surface area contributed by atoms with Gasteiger partial charge in [-0.25, -0.2) is 0 Å². The Hall–Kier alpha value is -0.410. The summed E-state index contributed by atoms with van der Waals surface area (Å²) in [5.74, 6) is 2.26. The van der Waals surface area contributed by atoms with Crippen molar-refractivity contribution in [3.63, 3.8) is 0 Å². The molecule has 9 atom stereocenters. The van der Waals surface area contributed by atoms with Gasteiger partial charge >= 0.3 is 0 Å². The number of rotatable bonds is 0. The van der Waals surface area contributed by atoms with E-state index in [-0.39, 0.29) is 33.4 Å². The van der Waals surface area contributed by atoms with E-state index in [0.717, 1.165) is 44.9 Å². The first-order chi connectivity index (χ1) is 15.1. The van der Waals surface area contributed by atoms with Gasteiger partial charge in [0.2, 0.25) is 0 Å². The normalized spacial score (nSPS) is 55.4. The van der Waals surface area contributed by atoms with Crippen LogP contribution in [-0.2, 0) is 9.53 Å². The third-order valence-corrected chi connectivity index (χ3v) is 12.8. The summed E-state index contributed by atoms with van der Waals surface area (Å²) in [7, 11) is 0. The molecule has 1 N–H and O–H groups in total. The zero-order chi connectivity index (χ0) is 24.2. The highest BCUT2D eigenvalue weighted by atomic mass is 16.5. The molecular weight excluding hydrogens is 408 g/mol. The average Bonchev–Trinajstić information content (AvgIpc) is 3.07. The lowest BCUT2D eigenvalue weighted by Gasteiger charge is -2.70. The van der Waals surface area contributed by atoms with Gasteiger partial charge in [-0.15, -0.1) is 0 Å². The van der Waals surface area contributed by atoms with Crippen LogP contribution in [-0.4, -0.2) is 28.2 Å². The first-order valence-electron chi connectivity index (χ1n) is 14.0. The summed E-state index contributed by atoms with van der Waals surface area (Å²) in [5, 5.41) is 11.7. The van der Waals surface area contributed by atoms with Crippen molar-refractivity contribution in [2.75, 3.05) is 0 Å². The van der Waals surface area contributed by atoms with E-state index in [1.165, 1.54) is 19.3 Å². The quantitative estimate of drug-likeness (QED) is 0.427. The fourth-order valence-electron chi connectivity index (χ4n) is 10.9. The van der Waals surface area contributed by atoms with Crippen molar-refractivity contribution in [2.24, 2.45) is 45.3 Å². The van der Waals surface area contributed by atoms with E-state index in [2.05, 4.69) is 55.4 Å². The molecule has 33 heavy (non-hydrogen) atoms. The molecule has 5 fully saturated rings. The summed E-state index contributed by atoms with van der Waals surface area (Å²) < 4.78 is 7.12. The molecule has 0 amide bonds. The van der Waals surface area contributed by atoms with Gasteiger partial charge in [0.1, 0.15) is 5.78 Å². The Labute approximate surface area is 202 Å². The molecule has 5 aliphatic rings. The van der Waals surface area contributed by atoms with E-state index in [4.69, 9.17) is 4.74 Å². The van der Waals surface area contributed by atoms with Crippen molar-refractivity contribution in [1.29, 1.82) is 0 Å². The Balaban J connectivity index is 1.62. The summed E-state index contributed by atoms with van der Waals surface area (Å²) in [5.41, 5.74) is -0.368. The van der Waals surface area contributed by atoms with Gasteiger partial charge in [-0.2, -0.15) is 0 Å². The summed E-state index contributed by atoms with van der Waals surface area (Å²) in [6, 6.07) is 0. The number of aliphatic hydroxyl groups is 1. The second kappa shape index (κ2) is 7.09. The van der Waals surface area contributed by atoms with Gasteiger partial charge in [0.25, 0.3) is 0 Å². The Morgan fingerprint density at radius 2 is 1.48 bits per heavy atom. The number of ketones is 1. The van der Waals surface area contributed by atoms with Gasteiger partial charge in [-0.1, -0.05) is 34.6 Å². The minimum Gasteiger partial charge on any atom is -0.390 e. The largest absolute Gasteiger partial charge is 0.390 e. The highest BCUT2D eigenvalue weighted by Gasteiger charge is 2.72. The van der Waals surface area contributed by atoms with Crippen LogP contribution < -0.4 is 0 Å². The lowest BCUT2D eigenvalue weighted by Crippen LogP contribution is -2.66. The molecule has 0 unspecified atom stereocenters. The minimum atomic E-state index is -0.603. The molecule has 3 heteroatoms. The van der Waals surface area contributed by atoms with Crippen molar-refractivity contribution in [3.05, 3.63) is 0 Å². The molecule has 1 heterocycles. The van der Waals surface area contributed by atoms with Crippen LogP contribution in [0, 0.1) is 45.3 Å². The van der Waals surface area contributed by atoms with Gasteiger partial charge in [0.15, 0.2) is 0 Å². The fourth-order valence-corrected chi connectivity index (χ4v) is 10.9. The molecular formula is C30H50O3. The molecule has 4 aliphatic carbocycles. The van der Waals surface area contributed by atoms with Gasteiger partial charge in [0, 0.05) is 11.8 Å². The fraction of sp³-hybridized carbons (Fsp3) is 0.967. The third-order valence-electron chi connectivity index (χ3n) is 12.8. The van der Waals surface area contributed by atoms with Crippen LogP contribution in [0.4, 0.5) is 0 Å². The van der Waals surface area contributed by atoms with Gasteiger partial charge in [-0.3, -0.25) is 4.79 Å². The smallest absolute Gasteiger partial charge is 0.138 e. The van der Waals surface area contributed by atoms with E-state index >= 15 is 0 Å². The molecule has 4 saturated carbocycles. The molecule has 5 rings (SSSR count). The van der Waals surface area contributed by atoms with Crippen molar-refractivity contribution in [2.45, 2.75) is 137 Å². The maximum Gasteiger partial charge on any atom is 0.138 e. The van der Waals surface area contributed by atoms with Crippen LogP contribution in [0.5, 0.6) is 0 Å². The molecule has 0 radical (unpaired) electrons. The molecule has 188 valence electrons. The van der Waals surface area contributed by atoms with Gasteiger partial charge in [0.05, 0.1) is 17.3 Å². The molecule has 0 aromatic rings. The molecule has 0 aromatic carbocycles. The molecule has 3 nitrogen and oxygen atoms in total. The number of hydrogen-bond acceptors (Lipinski definition) is 3. The van der Waals surface area contributed by atoms with E-state index in [0.29, 0.717) is 29.5 Å².